The minimum absolute atomic E-state index is 0.422. The van der Waals surface area contributed by atoms with Crippen molar-refractivity contribution >= 4 is 46.1 Å². The minimum atomic E-state index is -0.598. The number of aromatic nitrogens is 1. The van der Waals surface area contributed by atoms with Crippen molar-refractivity contribution < 1.29 is 19.1 Å². The minimum Gasteiger partial charge on any atom is -0.466 e. The van der Waals surface area contributed by atoms with E-state index >= 15 is 0 Å². The molecule has 4 rings (SSSR count). The molecular formula is C24H20ClNO4. The van der Waals surface area contributed by atoms with Gasteiger partial charge in [0.05, 0.1) is 23.9 Å². The lowest BCUT2D eigenvalue weighted by atomic mass is 9.86. The second-order valence-electron chi connectivity index (χ2n) is 7.06. The van der Waals surface area contributed by atoms with Crippen molar-refractivity contribution in [1.82, 2.24) is 4.98 Å². The van der Waals surface area contributed by atoms with E-state index in [0.29, 0.717) is 22.5 Å². The number of halogens is 1. The predicted molar refractivity (Wildman–Crippen MR) is 116 cm³/mol. The molecule has 1 aliphatic carbocycles. The van der Waals surface area contributed by atoms with Crippen LogP contribution >= 0.6 is 11.6 Å². The van der Waals surface area contributed by atoms with Crippen molar-refractivity contribution in [3.05, 3.63) is 75.9 Å². The third-order valence-electron chi connectivity index (χ3n) is 5.13. The molecule has 0 bridgehead atoms. The fourth-order valence-corrected chi connectivity index (χ4v) is 3.85. The molecule has 0 fully saturated rings. The second kappa shape index (κ2) is 8.67. The van der Waals surface area contributed by atoms with E-state index in [9.17, 15) is 9.59 Å². The second-order valence-corrected chi connectivity index (χ2v) is 7.49. The zero-order valence-corrected chi connectivity index (χ0v) is 17.2. The van der Waals surface area contributed by atoms with Gasteiger partial charge in [-0.25, -0.2) is 14.6 Å². The van der Waals surface area contributed by atoms with Crippen LogP contribution in [0.5, 0.6) is 0 Å². The number of hydrogen-bond donors (Lipinski definition) is 0. The van der Waals surface area contributed by atoms with Crippen LogP contribution in [0.2, 0.25) is 5.02 Å². The number of allylic oxidation sites excluding steroid dienone is 1. The van der Waals surface area contributed by atoms with E-state index in [0.717, 1.165) is 40.6 Å². The summed E-state index contributed by atoms with van der Waals surface area (Å²) in [6.45, 7) is -0.422. The zero-order chi connectivity index (χ0) is 21.1. The van der Waals surface area contributed by atoms with Gasteiger partial charge in [0.15, 0.2) is 6.61 Å². The van der Waals surface area contributed by atoms with E-state index in [1.165, 1.54) is 7.11 Å². The largest absolute Gasteiger partial charge is 0.466 e. The van der Waals surface area contributed by atoms with Gasteiger partial charge in [0.25, 0.3) is 0 Å². The van der Waals surface area contributed by atoms with Crippen LogP contribution in [-0.4, -0.2) is 30.6 Å². The van der Waals surface area contributed by atoms with E-state index in [2.05, 4.69) is 10.8 Å². The molecule has 2 aromatic carbocycles. The average molecular weight is 422 g/mol. The summed E-state index contributed by atoms with van der Waals surface area (Å²) in [7, 11) is 1.26. The van der Waals surface area contributed by atoms with Gasteiger partial charge in [0.2, 0.25) is 0 Å². The van der Waals surface area contributed by atoms with Crippen LogP contribution in [0.25, 0.3) is 22.6 Å². The molecule has 1 aromatic heterocycles. The van der Waals surface area contributed by atoms with E-state index in [1.807, 2.05) is 48.5 Å². The first-order valence-corrected chi connectivity index (χ1v) is 10.1. The Morgan fingerprint density at radius 3 is 2.63 bits per heavy atom. The molecule has 0 radical (unpaired) electrons. The number of benzene rings is 2. The summed E-state index contributed by atoms with van der Waals surface area (Å²) < 4.78 is 9.83. The van der Waals surface area contributed by atoms with Gasteiger partial charge in [-0.3, -0.25) is 0 Å². The van der Waals surface area contributed by atoms with Crippen molar-refractivity contribution in [3.63, 3.8) is 0 Å². The maximum absolute atomic E-state index is 13.0. The van der Waals surface area contributed by atoms with Gasteiger partial charge >= 0.3 is 11.9 Å². The zero-order valence-electron chi connectivity index (χ0n) is 16.5. The molecule has 5 nitrogen and oxygen atoms in total. The molecule has 1 aliphatic rings. The van der Waals surface area contributed by atoms with Gasteiger partial charge in [-0.05, 0) is 60.2 Å². The number of carbonyl (C=O) groups is 2. The predicted octanol–water partition coefficient (Wildman–Crippen LogP) is 5.09. The number of para-hydroxylation sites is 1. The Hall–Kier alpha value is -3.18. The van der Waals surface area contributed by atoms with Crippen molar-refractivity contribution in [3.8, 4) is 0 Å². The third-order valence-corrected chi connectivity index (χ3v) is 5.39. The molecule has 3 aromatic rings. The van der Waals surface area contributed by atoms with Gasteiger partial charge in [-0.2, -0.15) is 0 Å². The Kier molecular flexibility index (Phi) is 5.81. The summed E-state index contributed by atoms with van der Waals surface area (Å²) in [5.41, 5.74) is 4.93. The van der Waals surface area contributed by atoms with Gasteiger partial charge in [0, 0.05) is 10.4 Å². The summed E-state index contributed by atoms with van der Waals surface area (Å²) in [5.74, 6) is -1.14. The molecule has 0 saturated carbocycles. The molecule has 1 heterocycles. The molecule has 152 valence electrons. The molecule has 0 atom stereocenters. The van der Waals surface area contributed by atoms with Crippen LogP contribution in [0.4, 0.5) is 0 Å². The first kappa shape index (κ1) is 20.1. The van der Waals surface area contributed by atoms with Crippen molar-refractivity contribution in [2.75, 3.05) is 13.7 Å². The summed E-state index contributed by atoms with van der Waals surface area (Å²) in [6, 6.07) is 15.1. The van der Waals surface area contributed by atoms with Gasteiger partial charge in [-0.1, -0.05) is 41.9 Å². The SMILES string of the molecule is COC(=O)COC(=O)c1c2c(nc3ccccc13)/C(=C/c1ccc(Cl)cc1)CCC2. The molecule has 0 N–H and O–H groups in total. The lowest BCUT2D eigenvalue weighted by Crippen LogP contribution is -2.19. The van der Waals surface area contributed by atoms with Crippen LogP contribution in [0.1, 0.15) is 40.0 Å². The third kappa shape index (κ3) is 4.07. The number of esters is 2. The fourth-order valence-electron chi connectivity index (χ4n) is 3.72. The topological polar surface area (TPSA) is 65.5 Å². The maximum Gasteiger partial charge on any atom is 0.344 e. The summed E-state index contributed by atoms with van der Waals surface area (Å²) in [4.78, 5) is 29.3. The van der Waals surface area contributed by atoms with Gasteiger partial charge in [-0.15, -0.1) is 0 Å². The summed E-state index contributed by atoms with van der Waals surface area (Å²) in [5, 5.41) is 1.40. The Morgan fingerprint density at radius 2 is 1.87 bits per heavy atom. The fraction of sp³-hybridized carbons (Fsp3) is 0.208. The smallest absolute Gasteiger partial charge is 0.344 e. The number of nitrogens with zero attached hydrogens (tertiary/aromatic N) is 1. The Labute approximate surface area is 179 Å². The molecule has 0 amide bonds. The van der Waals surface area contributed by atoms with E-state index in [1.54, 1.807) is 0 Å². The Morgan fingerprint density at radius 1 is 1.10 bits per heavy atom. The number of methoxy groups -OCH3 is 1. The first-order valence-electron chi connectivity index (χ1n) is 9.69. The van der Waals surface area contributed by atoms with Gasteiger partial charge < -0.3 is 9.47 Å². The number of rotatable bonds is 4. The lowest BCUT2D eigenvalue weighted by molar-refractivity contribution is -0.144. The first-order chi connectivity index (χ1) is 14.6. The average Bonchev–Trinajstić information content (AvgIpc) is 2.77. The van der Waals surface area contributed by atoms with Gasteiger partial charge in [0.1, 0.15) is 0 Å². The number of ether oxygens (including phenoxy) is 2. The van der Waals surface area contributed by atoms with Crippen LogP contribution < -0.4 is 0 Å². The molecule has 0 aliphatic heterocycles. The van der Waals surface area contributed by atoms with Crippen LogP contribution in [0.15, 0.2) is 48.5 Å². The van der Waals surface area contributed by atoms with E-state index in [4.69, 9.17) is 21.3 Å². The molecular weight excluding hydrogens is 402 g/mol. The molecule has 0 unspecified atom stereocenters. The van der Waals surface area contributed by atoms with Crippen LogP contribution in [0, 0.1) is 0 Å². The highest BCUT2D eigenvalue weighted by molar-refractivity contribution is 6.30. The monoisotopic (exact) mass is 421 g/mol. The maximum atomic E-state index is 13.0. The van der Waals surface area contributed by atoms with Crippen molar-refractivity contribution in [2.45, 2.75) is 19.3 Å². The Bertz CT molecular complexity index is 1150. The Balaban J connectivity index is 1.83. The quantitative estimate of drug-likeness (QED) is 0.548. The molecule has 6 heteroatoms. The molecule has 30 heavy (non-hydrogen) atoms. The molecule has 0 spiro atoms. The van der Waals surface area contributed by atoms with Crippen LogP contribution in [-0.2, 0) is 20.7 Å². The van der Waals surface area contributed by atoms with E-state index in [-0.39, 0.29) is 0 Å². The van der Waals surface area contributed by atoms with E-state index < -0.39 is 18.5 Å². The standard InChI is InChI=1S/C24H20ClNO4/c1-29-21(27)14-30-24(28)22-18-6-2-3-8-20(18)26-23-16(5-4-7-19(22)23)13-15-9-11-17(25)12-10-15/h2-3,6,8-13H,4-5,7,14H2,1H3/b16-13+. The lowest BCUT2D eigenvalue weighted by Gasteiger charge is -2.22. The number of hydrogen-bond acceptors (Lipinski definition) is 5. The van der Waals surface area contributed by atoms with Crippen molar-refractivity contribution in [1.29, 1.82) is 0 Å². The highest BCUT2D eigenvalue weighted by atomic mass is 35.5. The van der Waals surface area contributed by atoms with Crippen molar-refractivity contribution in [2.24, 2.45) is 0 Å². The summed E-state index contributed by atoms with van der Waals surface area (Å²) in [6.07, 6.45) is 4.55. The van der Waals surface area contributed by atoms with Crippen LogP contribution in [0.3, 0.4) is 0 Å². The number of carbonyl (C=O) groups excluding carboxylic acids is 2. The number of pyridine rings is 1. The normalized spacial score (nSPS) is 14.4. The highest BCUT2D eigenvalue weighted by Gasteiger charge is 2.26. The highest BCUT2D eigenvalue weighted by Crippen LogP contribution is 2.36. The summed E-state index contributed by atoms with van der Waals surface area (Å²) >= 11 is 6.00. The number of fused-ring (bicyclic) bond motifs is 2. The molecule has 0 saturated heterocycles.